The van der Waals surface area contributed by atoms with Crippen molar-refractivity contribution in [2.75, 3.05) is 6.54 Å². The lowest BCUT2D eigenvalue weighted by atomic mass is 10.0. The molecular weight excluding hydrogens is 192 g/mol. The van der Waals surface area contributed by atoms with Crippen molar-refractivity contribution in [2.45, 2.75) is 40.0 Å². The highest BCUT2D eigenvalue weighted by Crippen LogP contribution is 2.20. The fourth-order valence-corrected chi connectivity index (χ4v) is 2.63. The highest BCUT2D eigenvalue weighted by atomic mass is 32.1. The zero-order chi connectivity index (χ0) is 10.6. The van der Waals surface area contributed by atoms with Gasteiger partial charge in [-0.05, 0) is 32.7 Å². The van der Waals surface area contributed by atoms with Crippen molar-refractivity contribution in [3.05, 3.63) is 15.6 Å². The molecule has 1 rings (SSSR count). The van der Waals surface area contributed by atoms with Gasteiger partial charge < -0.3 is 5.73 Å². The number of thiazole rings is 1. The Morgan fingerprint density at radius 3 is 2.57 bits per heavy atom. The second-order valence-corrected chi connectivity index (χ2v) is 5.13. The van der Waals surface area contributed by atoms with Crippen molar-refractivity contribution >= 4 is 11.3 Å². The summed E-state index contributed by atoms with van der Waals surface area (Å²) in [6.07, 6.45) is 3.49. The van der Waals surface area contributed by atoms with Crippen LogP contribution in [0.1, 0.15) is 35.3 Å². The van der Waals surface area contributed by atoms with Gasteiger partial charge in [-0.3, -0.25) is 0 Å². The number of nitrogens with zero attached hydrogens (tertiary/aromatic N) is 1. The molecule has 1 atom stereocenters. The first kappa shape index (κ1) is 11.7. The summed E-state index contributed by atoms with van der Waals surface area (Å²) in [4.78, 5) is 5.88. The predicted molar refractivity (Wildman–Crippen MR) is 62.7 cm³/mol. The number of hydrogen-bond donors (Lipinski definition) is 1. The fraction of sp³-hybridized carbons (Fsp3) is 0.727. The molecule has 0 radical (unpaired) electrons. The molecular formula is C11H20N2S. The van der Waals surface area contributed by atoms with Crippen LogP contribution in [0.5, 0.6) is 0 Å². The van der Waals surface area contributed by atoms with Gasteiger partial charge in [0.15, 0.2) is 0 Å². The van der Waals surface area contributed by atoms with Gasteiger partial charge in [-0.2, -0.15) is 0 Å². The van der Waals surface area contributed by atoms with Crippen LogP contribution in [0.2, 0.25) is 0 Å². The average Bonchev–Trinajstić information content (AvgIpc) is 2.45. The third-order valence-electron chi connectivity index (χ3n) is 2.57. The van der Waals surface area contributed by atoms with E-state index < -0.39 is 0 Å². The highest BCUT2D eigenvalue weighted by molar-refractivity contribution is 7.11. The van der Waals surface area contributed by atoms with Crippen LogP contribution in [0.3, 0.4) is 0 Å². The molecule has 0 saturated heterocycles. The van der Waals surface area contributed by atoms with Crippen LogP contribution >= 0.6 is 11.3 Å². The standard InChI is InChI=1S/C11H20N2S/c1-4-5-10(7-12)6-11-13-8(2)9(3)14-11/h10H,4-7,12H2,1-3H3. The van der Waals surface area contributed by atoms with Gasteiger partial charge in [-0.25, -0.2) is 4.98 Å². The minimum absolute atomic E-state index is 0.616. The monoisotopic (exact) mass is 212 g/mol. The Bertz CT molecular complexity index is 261. The Morgan fingerprint density at radius 2 is 2.14 bits per heavy atom. The van der Waals surface area contributed by atoms with Crippen molar-refractivity contribution in [1.29, 1.82) is 0 Å². The summed E-state index contributed by atoms with van der Waals surface area (Å²) in [6.45, 7) is 7.20. The summed E-state index contributed by atoms with van der Waals surface area (Å²) >= 11 is 1.82. The maximum Gasteiger partial charge on any atom is 0.0934 e. The van der Waals surface area contributed by atoms with Crippen LogP contribution < -0.4 is 5.73 Å². The Balaban J connectivity index is 2.57. The first-order chi connectivity index (χ1) is 6.67. The molecule has 0 aliphatic rings. The molecule has 2 nitrogen and oxygen atoms in total. The number of aryl methyl sites for hydroxylation is 2. The molecule has 0 saturated carbocycles. The zero-order valence-electron chi connectivity index (χ0n) is 9.34. The van der Waals surface area contributed by atoms with Gasteiger partial charge in [0, 0.05) is 11.3 Å². The van der Waals surface area contributed by atoms with Gasteiger partial charge in [0.25, 0.3) is 0 Å². The summed E-state index contributed by atoms with van der Waals surface area (Å²) in [6, 6.07) is 0. The van der Waals surface area contributed by atoms with Crippen LogP contribution in [0, 0.1) is 19.8 Å². The molecule has 1 heterocycles. The Kier molecular flexibility index (Phi) is 4.55. The van der Waals surface area contributed by atoms with Gasteiger partial charge in [0.2, 0.25) is 0 Å². The molecule has 0 bridgehead atoms. The summed E-state index contributed by atoms with van der Waals surface area (Å²) < 4.78 is 0. The largest absolute Gasteiger partial charge is 0.330 e. The molecule has 1 aromatic heterocycles. The second-order valence-electron chi connectivity index (χ2n) is 3.84. The smallest absolute Gasteiger partial charge is 0.0934 e. The maximum absolute atomic E-state index is 5.73. The number of rotatable bonds is 5. The SMILES string of the molecule is CCCC(CN)Cc1nc(C)c(C)s1. The van der Waals surface area contributed by atoms with Crippen LogP contribution in [-0.2, 0) is 6.42 Å². The molecule has 0 spiro atoms. The Hall–Kier alpha value is -0.410. The molecule has 0 aromatic carbocycles. The second kappa shape index (κ2) is 5.47. The van der Waals surface area contributed by atoms with E-state index in [0.717, 1.165) is 13.0 Å². The lowest BCUT2D eigenvalue weighted by Crippen LogP contribution is -2.16. The molecule has 1 aromatic rings. The summed E-state index contributed by atoms with van der Waals surface area (Å²) in [7, 11) is 0. The molecule has 2 N–H and O–H groups in total. The van der Waals surface area contributed by atoms with E-state index in [-0.39, 0.29) is 0 Å². The summed E-state index contributed by atoms with van der Waals surface area (Å²) in [5.41, 5.74) is 6.91. The van der Waals surface area contributed by atoms with Crippen molar-refractivity contribution in [1.82, 2.24) is 4.98 Å². The molecule has 0 fully saturated rings. The van der Waals surface area contributed by atoms with Crippen molar-refractivity contribution in [3.63, 3.8) is 0 Å². The Morgan fingerprint density at radius 1 is 1.43 bits per heavy atom. The maximum atomic E-state index is 5.73. The van der Waals surface area contributed by atoms with Crippen molar-refractivity contribution in [3.8, 4) is 0 Å². The van der Waals surface area contributed by atoms with Gasteiger partial charge in [0.1, 0.15) is 0 Å². The van der Waals surface area contributed by atoms with E-state index in [4.69, 9.17) is 5.73 Å². The van der Waals surface area contributed by atoms with Crippen LogP contribution in [0.15, 0.2) is 0 Å². The third-order valence-corrected chi connectivity index (χ3v) is 3.66. The van der Waals surface area contributed by atoms with E-state index in [1.165, 1.54) is 28.4 Å². The normalized spacial score (nSPS) is 13.1. The van der Waals surface area contributed by atoms with E-state index >= 15 is 0 Å². The first-order valence-electron chi connectivity index (χ1n) is 5.30. The number of aromatic nitrogens is 1. The van der Waals surface area contributed by atoms with E-state index in [2.05, 4.69) is 25.8 Å². The minimum Gasteiger partial charge on any atom is -0.330 e. The molecule has 1 unspecified atom stereocenters. The lowest BCUT2D eigenvalue weighted by molar-refractivity contribution is 0.486. The van der Waals surface area contributed by atoms with Gasteiger partial charge in [-0.1, -0.05) is 13.3 Å². The molecule has 0 aliphatic carbocycles. The number of hydrogen-bond acceptors (Lipinski definition) is 3. The van der Waals surface area contributed by atoms with Crippen LogP contribution in [0.25, 0.3) is 0 Å². The first-order valence-corrected chi connectivity index (χ1v) is 6.12. The average molecular weight is 212 g/mol. The quantitative estimate of drug-likeness (QED) is 0.815. The fourth-order valence-electron chi connectivity index (χ4n) is 1.58. The van der Waals surface area contributed by atoms with Crippen molar-refractivity contribution < 1.29 is 0 Å². The van der Waals surface area contributed by atoms with Gasteiger partial charge >= 0.3 is 0 Å². The molecule has 14 heavy (non-hydrogen) atoms. The van der Waals surface area contributed by atoms with Gasteiger partial charge in [-0.15, -0.1) is 11.3 Å². The van der Waals surface area contributed by atoms with E-state index in [1.807, 2.05) is 11.3 Å². The predicted octanol–water partition coefficient (Wildman–Crippen LogP) is 2.68. The molecule has 0 amide bonds. The van der Waals surface area contributed by atoms with Crippen LogP contribution in [0.4, 0.5) is 0 Å². The van der Waals surface area contributed by atoms with E-state index in [0.29, 0.717) is 5.92 Å². The lowest BCUT2D eigenvalue weighted by Gasteiger charge is -2.10. The Labute approximate surface area is 90.6 Å². The summed E-state index contributed by atoms with van der Waals surface area (Å²) in [5, 5.41) is 1.25. The number of nitrogens with two attached hydrogens (primary N) is 1. The molecule has 0 aliphatic heterocycles. The highest BCUT2D eigenvalue weighted by Gasteiger charge is 2.10. The molecule has 3 heteroatoms. The van der Waals surface area contributed by atoms with Crippen LogP contribution in [-0.4, -0.2) is 11.5 Å². The third kappa shape index (κ3) is 3.07. The minimum atomic E-state index is 0.616. The zero-order valence-corrected chi connectivity index (χ0v) is 10.2. The van der Waals surface area contributed by atoms with E-state index in [1.54, 1.807) is 0 Å². The summed E-state index contributed by atoms with van der Waals surface area (Å²) in [5.74, 6) is 0.616. The van der Waals surface area contributed by atoms with E-state index in [9.17, 15) is 0 Å². The molecule has 80 valence electrons. The van der Waals surface area contributed by atoms with Gasteiger partial charge in [0.05, 0.1) is 10.7 Å². The van der Waals surface area contributed by atoms with Crippen molar-refractivity contribution in [2.24, 2.45) is 11.7 Å². The topological polar surface area (TPSA) is 38.9 Å².